The number of benzene rings is 1. The Hall–Kier alpha value is -1.72. The number of likely N-dealkylation sites (tertiary alicyclic amines) is 1. The summed E-state index contributed by atoms with van der Waals surface area (Å²) in [6.45, 7) is 2.92. The van der Waals surface area contributed by atoms with Crippen LogP contribution in [0, 0.1) is 5.92 Å². The number of halogens is 4. The molecule has 1 aromatic carbocycles. The summed E-state index contributed by atoms with van der Waals surface area (Å²) in [4.78, 5) is 17.9. The molecule has 1 amide bonds. The van der Waals surface area contributed by atoms with Gasteiger partial charge in [0.05, 0.1) is 6.54 Å². The molecule has 0 bridgehead atoms. The van der Waals surface area contributed by atoms with Gasteiger partial charge in [0.25, 0.3) is 0 Å². The number of aliphatic imine (C=N–C) groups is 1. The van der Waals surface area contributed by atoms with Crippen LogP contribution in [-0.4, -0.2) is 49.2 Å². The molecule has 1 fully saturated rings. The van der Waals surface area contributed by atoms with Gasteiger partial charge < -0.3 is 20.7 Å². The molecular weight excluding hydrogens is 500 g/mol. The zero-order chi connectivity index (χ0) is 20.6. The van der Waals surface area contributed by atoms with Gasteiger partial charge in [-0.05, 0) is 31.7 Å². The lowest BCUT2D eigenvalue weighted by Crippen LogP contribution is -2.47. The van der Waals surface area contributed by atoms with Crippen molar-refractivity contribution >= 4 is 35.8 Å². The zero-order valence-electron chi connectivity index (χ0n) is 16.4. The van der Waals surface area contributed by atoms with Crippen LogP contribution in [0.3, 0.4) is 0 Å². The molecule has 3 N–H and O–H groups in total. The first-order chi connectivity index (χ1) is 13.3. The molecule has 29 heavy (non-hydrogen) atoms. The Morgan fingerprint density at radius 3 is 2.76 bits per heavy atom. The molecule has 1 atom stereocenters. The fraction of sp³-hybridized carbons (Fsp3) is 0.579. The van der Waals surface area contributed by atoms with E-state index in [0.29, 0.717) is 31.0 Å². The number of nitrogens with two attached hydrogens (primary N) is 1. The van der Waals surface area contributed by atoms with E-state index in [-0.39, 0.29) is 48.1 Å². The number of hydrogen-bond donors (Lipinski definition) is 2. The number of hydrogen-bond acceptors (Lipinski definition) is 3. The number of rotatable bonds is 7. The van der Waals surface area contributed by atoms with Gasteiger partial charge in [0.15, 0.2) is 12.6 Å². The Balaban J connectivity index is 0.00000420. The normalized spacial score (nSPS) is 17.4. The summed E-state index contributed by atoms with van der Waals surface area (Å²) in [5, 5.41) is 3.21. The van der Waals surface area contributed by atoms with E-state index in [1.54, 1.807) is 18.2 Å². The Kier molecular flexibility index (Phi) is 10.5. The Bertz CT molecular complexity index is 686. The number of nitrogens with one attached hydrogen (secondary N) is 1. The molecule has 0 aliphatic carbocycles. The van der Waals surface area contributed by atoms with Gasteiger partial charge >= 0.3 is 6.18 Å². The lowest BCUT2D eigenvalue weighted by atomic mass is 9.95. The number of primary amides is 1. The molecule has 6 nitrogen and oxygen atoms in total. The number of carbonyl (C=O) groups excluding carboxylic acids is 1. The van der Waals surface area contributed by atoms with Gasteiger partial charge in [-0.25, -0.2) is 4.99 Å². The van der Waals surface area contributed by atoms with Crippen LogP contribution < -0.4 is 15.8 Å². The first kappa shape index (κ1) is 25.3. The van der Waals surface area contributed by atoms with E-state index in [0.717, 1.165) is 19.4 Å². The second kappa shape index (κ2) is 12.1. The number of carbonyl (C=O) groups is 1. The zero-order valence-corrected chi connectivity index (χ0v) is 18.7. The van der Waals surface area contributed by atoms with Gasteiger partial charge in [-0.1, -0.05) is 18.2 Å². The highest BCUT2D eigenvalue weighted by atomic mass is 127. The summed E-state index contributed by atoms with van der Waals surface area (Å²) in [7, 11) is 0. The van der Waals surface area contributed by atoms with Crippen LogP contribution in [0.1, 0.15) is 31.7 Å². The minimum atomic E-state index is -4.39. The second-order valence-electron chi connectivity index (χ2n) is 6.81. The van der Waals surface area contributed by atoms with Gasteiger partial charge in [0.1, 0.15) is 5.75 Å². The van der Waals surface area contributed by atoms with Crippen LogP contribution in [0.15, 0.2) is 29.3 Å². The van der Waals surface area contributed by atoms with Crippen molar-refractivity contribution in [3.8, 4) is 5.75 Å². The van der Waals surface area contributed by atoms with Crippen molar-refractivity contribution in [3.63, 3.8) is 0 Å². The predicted molar refractivity (Wildman–Crippen MR) is 116 cm³/mol. The van der Waals surface area contributed by atoms with E-state index >= 15 is 0 Å². The molecule has 0 spiro atoms. The molecule has 1 aromatic rings. The van der Waals surface area contributed by atoms with E-state index in [9.17, 15) is 18.0 Å². The highest BCUT2D eigenvalue weighted by Crippen LogP contribution is 2.23. The van der Waals surface area contributed by atoms with Crippen LogP contribution in [-0.2, 0) is 11.3 Å². The fourth-order valence-electron chi connectivity index (χ4n) is 3.23. The average Bonchev–Trinajstić information content (AvgIpc) is 2.63. The molecular formula is C19H28F3IN4O2. The third-order valence-corrected chi connectivity index (χ3v) is 4.41. The summed E-state index contributed by atoms with van der Waals surface area (Å²) in [5.74, 6) is 0.703. The van der Waals surface area contributed by atoms with E-state index in [1.807, 2.05) is 6.92 Å². The van der Waals surface area contributed by atoms with Crippen molar-refractivity contribution in [3.05, 3.63) is 29.8 Å². The summed E-state index contributed by atoms with van der Waals surface area (Å²) in [6.07, 6.45) is -2.20. The molecule has 0 radical (unpaired) electrons. The molecule has 164 valence electrons. The van der Waals surface area contributed by atoms with Crippen LogP contribution in [0.25, 0.3) is 0 Å². The number of piperidine rings is 1. The van der Waals surface area contributed by atoms with Crippen molar-refractivity contribution < 1.29 is 22.7 Å². The third kappa shape index (κ3) is 9.09. The van der Waals surface area contributed by atoms with E-state index in [2.05, 4.69) is 15.2 Å². The monoisotopic (exact) mass is 528 g/mol. The van der Waals surface area contributed by atoms with Crippen molar-refractivity contribution in [2.24, 2.45) is 16.6 Å². The molecule has 1 heterocycles. The summed E-state index contributed by atoms with van der Waals surface area (Å²) < 4.78 is 42.3. The van der Waals surface area contributed by atoms with Crippen LogP contribution in [0.2, 0.25) is 0 Å². The minimum Gasteiger partial charge on any atom is -0.484 e. The van der Waals surface area contributed by atoms with Crippen LogP contribution in [0.5, 0.6) is 5.75 Å². The van der Waals surface area contributed by atoms with E-state index < -0.39 is 12.8 Å². The highest BCUT2D eigenvalue weighted by molar-refractivity contribution is 14.0. The molecule has 1 unspecified atom stereocenters. The van der Waals surface area contributed by atoms with Gasteiger partial charge in [-0.2, -0.15) is 13.2 Å². The van der Waals surface area contributed by atoms with Crippen LogP contribution in [0.4, 0.5) is 13.2 Å². The lowest BCUT2D eigenvalue weighted by molar-refractivity contribution is -0.153. The molecule has 2 rings (SSSR count). The quantitative estimate of drug-likeness (QED) is 0.324. The van der Waals surface area contributed by atoms with Crippen LogP contribution >= 0.6 is 24.0 Å². The lowest BCUT2D eigenvalue weighted by Gasteiger charge is -2.34. The molecule has 10 heteroatoms. The van der Waals surface area contributed by atoms with Crippen molar-refractivity contribution in [2.45, 2.75) is 38.9 Å². The van der Waals surface area contributed by atoms with E-state index in [1.165, 1.54) is 6.07 Å². The molecule has 1 aliphatic heterocycles. The Morgan fingerprint density at radius 1 is 1.38 bits per heavy atom. The number of guanidine groups is 1. The van der Waals surface area contributed by atoms with E-state index in [4.69, 9.17) is 10.5 Å². The maximum atomic E-state index is 12.5. The van der Waals surface area contributed by atoms with Gasteiger partial charge in [0.2, 0.25) is 5.91 Å². The Morgan fingerprint density at radius 2 is 2.10 bits per heavy atom. The predicted octanol–water partition coefficient (Wildman–Crippen LogP) is 3.30. The molecule has 0 aromatic heterocycles. The largest absolute Gasteiger partial charge is 0.484 e. The van der Waals surface area contributed by atoms with Crippen molar-refractivity contribution in [2.75, 3.05) is 26.2 Å². The van der Waals surface area contributed by atoms with Gasteiger partial charge in [0, 0.05) is 31.6 Å². The minimum absolute atomic E-state index is 0. The smallest absolute Gasteiger partial charge is 0.422 e. The summed E-state index contributed by atoms with van der Waals surface area (Å²) >= 11 is 0. The first-order valence-electron chi connectivity index (χ1n) is 9.37. The molecule has 0 saturated carbocycles. The Labute approximate surface area is 186 Å². The number of amides is 1. The number of ether oxygens (including phenoxy) is 1. The maximum absolute atomic E-state index is 12.5. The number of para-hydroxylation sites is 1. The molecule has 1 saturated heterocycles. The average molecular weight is 528 g/mol. The molecule has 1 aliphatic rings. The highest BCUT2D eigenvalue weighted by Gasteiger charge is 2.29. The summed E-state index contributed by atoms with van der Waals surface area (Å²) in [5.41, 5.74) is 5.89. The van der Waals surface area contributed by atoms with Gasteiger partial charge in [-0.3, -0.25) is 4.79 Å². The first-order valence-corrected chi connectivity index (χ1v) is 9.37. The van der Waals surface area contributed by atoms with Gasteiger partial charge in [-0.15, -0.1) is 24.0 Å². The maximum Gasteiger partial charge on any atom is 0.422 e. The second-order valence-corrected chi connectivity index (χ2v) is 6.81. The third-order valence-electron chi connectivity index (χ3n) is 4.41. The fourth-order valence-corrected chi connectivity index (χ4v) is 3.23. The SMILES string of the molecule is CCNC(=NCc1ccccc1OCC(F)(F)F)N1CCCC(CC(N)=O)C1.I. The number of alkyl halides is 3. The van der Waals surface area contributed by atoms with Crippen molar-refractivity contribution in [1.29, 1.82) is 0 Å². The number of nitrogens with zero attached hydrogens (tertiary/aromatic N) is 2. The standard InChI is InChI=1S/C19H27F3N4O2.HI/c1-2-24-18(26-9-5-6-14(12-26)10-17(23)27)25-11-15-7-3-4-8-16(15)28-13-19(20,21)22;/h3-4,7-8,14H,2,5-6,9-13H2,1H3,(H2,23,27)(H,24,25);1H. The summed E-state index contributed by atoms with van der Waals surface area (Å²) in [6, 6.07) is 6.57. The topological polar surface area (TPSA) is 80.0 Å². The van der Waals surface area contributed by atoms with Crippen molar-refractivity contribution in [1.82, 2.24) is 10.2 Å².